The van der Waals surface area contributed by atoms with E-state index < -0.39 is 6.04 Å². The highest BCUT2D eigenvalue weighted by atomic mass is 35.5. The maximum atomic E-state index is 13.1. The van der Waals surface area contributed by atoms with Crippen molar-refractivity contribution in [2.75, 3.05) is 13.1 Å². The molecule has 0 radical (unpaired) electrons. The number of hydrogen-bond acceptors (Lipinski definition) is 7. The zero-order valence-electron chi connectivity index (χ0n) is 23.4. The summed E-state index contributed by atoms with van der Waals surface area (Å²) in [6.45, 7) is 6.93. The van der Waals surface area contributed by atoms with E-state index in [9.17, 15) is 9.59 Å². The number of nitrogens with one attached hydrogen (secondary N) is 3. The summed E-state index contributed by atoms with van der Waals surface area (Å²) in [4.78, 5) is 39.1. The number of pyridine rings is 1. The molecule has 0 aliphatic carbocycles. The third kappa shape index (κ3) is 5.33. The summed E-state index contributed by atoms with van der Waals surface area (Å²) in [6, 6.07) is 10.7. The van der Waals surface area contributed by atoms with Crippen molar-refractivity contribution in [3.63, 3.8) is 0 Å². The molecule has 0 bridgehead atoms. The number of carbonyl (C=O) groups excluding carboxylic acids is 2. The second-order valence-electron chi connectivity index (χ2n) is 10.2. The fraction of sp³-hybridized carbons (Fsp3) is 0.267. The molecule has 5 heterocycles. The van der Waals surface area contributed by atoms with Crippen LogP contribution in [0.3, 0.4) is 0 Å². The number of rotatable bonds is 8. The van der Waals surface area contributed by atoms with Gasteiger partial charge in [-0.3, -0.25) is 24.1 Å². The fourth-order valence-corrected chi connectivity index (χ4v) is 6.43. The van der Waals surface area contributed by atoms with Crippen LogP contribution in [0.5, 0.6) is 0 Å². The van der Waals surface area contributed by atoms with Crippen LogP contribution in [0.4, 0.5) is 0 Å². The predicted octanol–water partition coefficient (Wildman–Crippen LogP) is 5.00. The quantitative estimate of drug-likeness (QED) is 0.216. The van der Waals surface area contributed by atoms with Crippen LogP contribution >= 0.6 is 22.9 Å². The molecule has 12 heteroatoms. The number of aromatic nitrogens is 5. The molecule has 2 amide bonds. The monoisotopic (exact) mass is 600 g/mol. The first-order valence-electron chi connectivity index (χ1n) is 13.6. The third-order valence-electron chi connectivity index (χ3n) is 7.36. The van der Waals surface area contributed by atoms with Gasteiger partial charge in [-0.05, 0) is 57.0 Å². The molecule has 214 valence electrons. The van der Waals surface area contributed by atoms with Crippen molar-refractivity contribution in [3.8, 4) is 5.00 Å². The Bertz CT molecular complexity index is 1800. The minimum Gasteiger partial charge on any atom is -0.356 e. The van der Waals surface area contributed by atoms with Gasteiger partial charge in [0.2, 0.25) is 5.91 Å². The van der Waals surface area contributed by atoms with Crippen molar-refractivity contribution in [3.05, 3.63) is 92.7 Å². The van der Waals surface area contributed by atoms with Gasteiger partial charge in [-0.2, -0.15) is 0 Å². The molecule has 6 rings (SSSR count). The summed E-state index contributed by atoms with van der Waals surface area (Å²) in [5, 5.41) is 17.2. The lowest BCUT2D eigenvalue weighted by molar-refractivity contribution is -0.121. The first kappa shape index (κ1) is 27.8. The maximum Gasteiger partial charge on any atom is 0.267 e. The Hall–Kier alpha value is -4.35. The van der Waals surface area contributed by atoms with Gasteiger partial charge in [0.05, 0.1) is 12.1 Å². The molecule has 1 atom stereocenters. The standard InChI is InChI=1S/C30H29ClN8O2S/c1-16-17(2)42-30-26(16)27(19-5-7-21(31)8-6-19)36-23(28-38-37-18(3)39(28)30)14-25(40)33-10-4-11-34-29(41)24-13-20-15-32-12-9-22(20)35-24/h5-9,12-13,15,23,35H,4,10-11,14H2,1-3H3,(H,33,40)(H,34,41)/t23-/m0/s1. The minimum atomic E-state index is -0.535. The first-order valence-corrected chi connectivity index (χ1v) is 14.8. The first-order chi connectivity index (χ1) is 20.3. The summed E-state index contributed by atoms with van der Waals surface area (Å²) in [5.74, 6) is 1.02. The van der Waals surface area contributed by atoms with E-state index in [1.165, 1.54) is 4.88 Å². The van der Waals surface area contributed by atoms with Gasteiger partial charge in [0.25, 0.3) is 5.91 Å². The van der Waals surface area contributed by atoms with Crippen molar-refractivity contribution < 1.29 is 9.59 Å². The highest BCUT2D eigenvalue weighted by Crippen LogP contribution is 2.39. The average molecular weight is 601 g/mol. The number of aryl methyl sites for hydroxylation is 2. The van der Waals surface area contributed by atoms with Gasteiger partial charge in [-0.25, -0.2) is 0 Å². The van der Waals surface area contributed by atoms with Gasteiger partial charge in [-0.1, -0.05) is 23.7 Å². The number of hydrogen-bond donors (Lipinski definition) is 3. The van der Waals surface area contributed by atoms with Crippen LogP contribution in [-0.2, 0) is 4.79 Å². The lowest BCUT2D eigenvalue weighted by atomic mass is 9.99. The van der Waals surface area contributed by atoms with E-state index in [2.05, 4.69) is 44.6 Å². The zero-order valence-corrected chi connectivity index (χ0v) is 24.9. The van der Waals surface area contributed by atoms with Crippen molar-refractivity contribution in [2.45, 2.75) is 39.7 Å². The number of halogens is 1. The predicted molar refractivity (Wildman–Crippen MR) is 164 cm³/mol. The van der Waals surface area contributed by atoms with Gasteiger partial charge < -0.3 is 15.6 Å². The van der Waals surface area contributed by atoms with E-state index in [1.54, 1.807) is 29.8 Å². The summed E-state index contributed by atoms with van der Waals surface area (Å²) < 4.78 is 2.03. The number of nitrogens with zero attached hydrogens (tertiary/aromatic N) is 5. The van der Waals surface area contributed by atoms with Gasteiger partial charge in [0, 0.05) is 57.4 Å². The van der Waals surface area contributed by atoms with Gasteiger partial charge >= 0.3 is 0 Å². The molecular weight excluding hydrogens is 572 g/mol. The largest absolute Gasteiger partial charge is 0.356 e. The Morgan fingerprint density at radius 2 is 1.86 bits per heavy atom. The van der Waals surface area contributed by atoms with E-state index in [0.717, 1.165) is 44.1 Å². The molecule has 0 fully saturated rings. The molecule has 10 nitrogen and oxygen atoms in total. The third-order valence-corrected chi connectivity index (χ3v) is 8.81. The highest BCUT2D eigenvalue weighted by molar-refractivity contribution is 7.15. The van der Waals surface area contributed by atoms with E-state index in [0.29, 0.717) is 36.1 Å². The maximum absolute atomic E-state index is 13.1. The molecule has 5 aromatic rings. The van der Waals surface area contributed by atoms with Crippen LogP contribution < -0.4 is 10.6 Å². The van der Waals surface area contributed by atoms with E-state index in [4.69, 9.17) is 16.6 Å². The minimum absolute atomic E-state index is 0.109. The van der Waals surface area contributed by atoms with Crippen LogP contribution in [-0.4, -0.2) is 55.3 Å². The Kier molecular flexibility index (Phi) is 7.61. The van der Waals surface area contributed by atoms with Crippen molar-refractivity contribution in [1.82, 2.24) is 35.4 Å². The number of benzene rings is 1. The molecule has 1 aliphatic rings. The SMILES string of the molecule is Cc1sc2c(c1C)C(c1ccc(Cl)cc1)=N[C@@H](CC(=O)NCCCNC(=O)c1cc3cnccc3[nH]1)c1nnc(C)n1-2. The normalized spacial score (nSPS) is 14.2. The number of thiophene rings is 1. The number of amides is 2. The number of aliphatic imine (C=N–C) groups is 1. The van der Waals surface area contributed by atoms with Crippen molar-refractivity contribution in [1.29, 1.82) is 0 Å². The number of fused-ring (bicyclic) bond motifs is 4. The van der Waals surface area contributed by atoms with Crippen molar-refractivity contribution in [2.24, 2.45) is 4.99 Å². The summed E-state index contributed by atoms with van der Waals surface area (Å²) in [6.07, 6.45) is 4.07. The molecule has 0 unspecified atom stereocenters. The van der Waals surface area contributed by atoms with Gasteiger partial charge in [0.15, 0.2) is 5.82 Å². The summed E-state index contributed by atoms with van der Waals surface area (Å²) in [5.41, 5.74) is 5.22. The molecule has 42 heavy (non-hydrogen) atoms. The molecule has 0 saturated heterocycles. The lowest BCUT2D eigenvalue weighted by Gasteiger charge is -2.13. The Morgan fingerprint density at radius 1 is 1.07 bits per heavy atom. The molecular formula is C30H29ClN8O2S. The molecule has 3 N–H and O–H groups in total. The van der Waals surface area contributed by atoms with E-state index in [-0.39, 0.29) is 18.2 Å². The second kappa shape index (κ2) is 11.5. The Balaban J connectivity index is 1.15. The topological polar surface area (TPSA) is 130 Å². The van der Waals surface area contributed by atoms with Gasteiger partial charge in [-0.15, -0.1) is 21.5 Å². The van der Waals surface area contributed by atoms with Crippen molar-refractivity contribution >= 4 is 51.4 Å². The van der Waals surface area contributed by atoms with Crippen LogP contribution in [0.1, 0.15) is 62.6 Å². The lowest BCUT2D eigenvalue weighted by Crippen LogP contribution is -2.30. The van der Waals surface area contributed by atoms with Crippen LogP contribution in [0, 0.1) is 20.8 Å². The highest BCUT2D eigenvalue weighted by Gasteiger charge is 2.32. The molecule has 4 aromatic heterocycles. The molecule has 0 spiro atoms. The van der Waals surface area contributed by atoms with Crippen LogP contribution in [0.15, 0.2) is 53.8 Å². The zero-order chi connectivity index (χ0) is 29.4. The summed E-state index contributed by atoms with van der Waals surface area (Å²) in [7, 11) is 0. The number of H-pyrrole nitrogens is 1. The second-order valence-corrected chi connectivity index (χ2v) is 11.9. The van der Waals surface area contributed by atoms with Gasteiger partial charge in [0.1, 0.15) is 22.6 Å². The average Bonchev–Trinajstić information content (AvgIpc) is 3.64. The summed E-state index contributed by atoms with van der Waals surface area (Å²) >= 11 is 7.86. The molecule has 0 saturated carbocycles. The molecule has 1 aliphatic heterocycles. The van der Waals surface area contributed by atoms with Crippen LogP contribution in [0.25, 0.3) is 15.9 Å². The van der Waals surface area contributed by atoms with Crippen LogP contribution in [0.2, 0.25) is 5.02 Å². The van der Waals surface area contributed by atoms with E-state index in [1.807, 2.05) is 41.8 Å². The Labute approximate surface area is 251 Å². The fourth-order valence-electron chi connectivity index (χ4n) is 5.09. The molecule has 1 aromatic carbocycles. The Morgan fingerprint density at radius 3 is 2.64 bits per heavy atom. The smallest absolute Gasteiger partial charge is 0.267 e. The number of carbonyl (C=O) groups is 2. The van der Waals surface area contributed by atoms with E-state index >= 15 is 0 Å². The number of aromatic amines is 1.